The highest BCUT2D eigenvalue weighted by Gasteiger charge is 2.31. The molecule has 5 nitrogen and oxygen atoms in total. The van der Waals surface area contributed by atoms with Crippen molar-refractivity contribution in [2.75, 3.05) is 18.2 Å². The van der Waals surface area contributed by atoms with E-state index in [2.05, 4.69) is 17.0 Å². The summed E-state index contributed by atoms with van der Waals surface area (Å²) in [6.45, 7) is 2.04. The van der Waals surface area contributed by atoms with Gasteiger partial charge in [0.2, 0.25) is 11.2 Å². The largest absolute Gasteiger partial charge is 0.748 e. The van der Waals surface area contributed by atoms with Gasteiger partial charge in [0.1, 0.15) is 18.7 Å². The highest BCUT2D eigenvalue weighted by atomic mass is 32.2. The van der Waals surface area contributed by atoms with Crippen molar-refractivity contribution in [3.63, 3.8) is 0 Å². The summed E-state index contributed by atoms with van der Waals surface area (Å²) in [7, 11) is 0.0301. The SMILES string of the molecule is CS(=O)(=O)[O-].Cc1cc2c3c([n+](C)c4ccc(F)cc4c3c1)-c1cc(F)ccc1N2C. The van der Waals surface area contributed by atoms with Crippen molar-refractivity contribution in [1.82, 2.24) is 0 Å². The minimum absolute atomic E-state index is 0.258. The Bertz CT molecular complexity index is 1480. The molecule has 0 aliphatic carbocycles. The lowest BCUT2D eigenvalue weighted by Gasteiger charge is -2.29. The molecule has 0 unspecified atom stereocenters. The molecule has 5 rings (SSSR count). The number of aryl methyl sites for hydroxylation is 2. The molecule has 160 valence electrons. The van der Waals surface area contributed by atoms with Gasteiger partial charge in [0, 0.05) is 24.8 Å². The number of aromatic nitrogens is 1. The van der Waals surface area contributed by atoms with Crippen molar-refractivity contribution in [2.45, 2.75) is 6.92 Å². The number of halogens is 2. The summed E-state index contributed by atoms with van der Waals surface area (Å²) < 4.78 is 57.3. The van der Waals surface area contributed by atoms with Crippen LogP contribution in [-0.4, -0.2) is 26.3 Å². The van der Waals surface area contributed by atoms with E-state index < -0.39 is 10.1 Å². The predicted octanol–water partition coefficient (Wildman–Crippen LogP) is 4.31. The quantitative estimate of drug-likeness (QED) is 0.231. The molecular formula is C23H20F2N2O3S. The maximum absolute atomic E-state index is 14.1. The average Bonchev–Trinajstić information content (AvgIpc) is 2.66. The van der Waals surface area contributed by atoms with Crippen LogP contribution < -0.4 is 9.47 Å². The zero-order chi connectivity index (χ0) is 22.7. The van der Waals surface area contributed by atoms with Crippen molar-refractivity contribution in [1.29, 1.82) is 0 Å². The minimum atomic E-state index is -3.92. The lowest BCUT2D eigenvalue weighted by molar-refractivity contribution is -0.632. The van der Waals surface area contributed by atoms with E-state index in [0.29, 0.717) is 6.26 Å². The molecule has 8 heteroatoms. The average molecular weight is 442 g/mol. The first kappa shape index (κ1) is 21.1. The van der Waals surface area contributed by atoms with Gasteiger partial charge in [-0.3, -0.25) is 0 Å². The Morgan fingerprint density at radius 3 is 2.23 bits per heavy atom. The Hall–Kier alpha value is -3.10. The molecule has 31 heavy (non-hydrogen) atoms. The summed E-state index contributed by atoms with van der Waals surface area (Å²) in [5, 5.41) is 2.88. The number of anilines is 2. The topological polar surface area (TPSA) is 64.3 Å². The third-order valence-electron chi connectivity index (χ3n) is 5.38. The standard InChI is InChI=1S/C22H17F2N2.CH4O3S/c1-12-8-16-15-10-13(23)4-6-18(15)26(3)22-17-11-14(24)5-7-19(17)25(2)20(9-12)21(16)22;1-5(2,3)4/h4-11H,1-3H3;1H3,(H,2,3,4)/q+1;/p-1. The molecule has 0 atom stereocenters. The van der Waals surface area contributed by atoms with Crippen LogP contribution >= 0.6 is 0 Å². The second-order valence-corrected chi connectivity index (χ2v) is 9.11. The van der Waals surface area contributed by atoms with Crippen LogP contribution in [0.2, 0.25) is 0 Å². The normalized spacial score (nSPS) is 12.5. The van der Waals surface area contributed by atoms with Gasteiger partial charge in [0.25, 0.3) is 0 Å². The van der Waals surface area contributed by atoms with Crippen LogP contribution in [0.1, 0.15) is 5.56 Å². The fourth-order valence-electron chi connectivity index (χ4n) is 4.23. The Morgan fingerprint density at radius 2 is 1.55 bits per heavy atom. The minimum Gasteiger partial charge on any atom is -0.748 e. The number of nitrogens with zero attached hydrogens (tertiary/aromatic N) is 2. The van der Waals surface area contributed by atoms with E-state index in [4.69, 9.17) is 13.0 Å². The molecule has 1 aromatic heterocycles. The molecule has 4 aromatic rings. The summed E-state index contributed by atoms with van der Waals surface area (Å²) in [4.78, 5) is 2.09. The molecule has 1 aliphatic rings. The van der Waals surface area contributed by atoms with Crippen LogP contribution in [0.15, 0.2) is 48.5 Å². The van der Waals surface area contributed by atoms with Crippen LogP contribution in [0.25, 0.3) is 32.9 Å². The van der Waals surface area contributed by atoms with Gasteiger partial charge in [-0.25, -0.2) is 17.2 Å². The van der Waals surface area contributed by atoms with E-state index in [1.807, 2.05) is 31.7 Å². The first-order valence-corrected chi connectivity index (χ1v) is 11.3. The Balaban J connectivity index is 0.000000418. The van der Waals surface area contributed by atoms with E-state index in [1.54, 1.807) is 18.2 Å². The fourth-order valence-corrected chi connectivity index (χ4v) is 4.23. The van der Waals surface area contributed by atoms with Gasteiger partial charge in [-0.2, -0.15) is 4.57 Å². The third-order valence-corrected chi connectivity index (χ3v) is 5.38. The third kappa shape index (κ3) is 3.73. The van der Waals surface area contributed by atoms with Crippen molar-refractivity contribution in [2.24, 2.45) is 7.05 Å². The van der Waals surface area contributed by atoms with E-state index >= 15 is 0 Å². The second-order valence-electron chi connectivity index (χ2n) is 7.70. The van der Waals surface area contributed by atoms with Crippen LogP contribution in [0.3, 0.4) is 0 Å². The smallest absolute Gasteiger partial charge is 0.225 e. The molecule has 0 saturated carbocycles. The second kappa shape index (κ2) is 7.25. The maximum Gasteiger partial charge on any atom is 0.225 e. The van der Waals surface area contributed by atoms with E-state index in [9.17, 15) is 8.78 Å². The van der Waals surface area contributed by atoms with Crippen molar-refractivity contribution < 1.29 is 26.3 Å². The molecule has 0 saturated heterocycles. The number of pyridine rings is 1. The van der Waals surface area contributed by atoms with Crippen LogP contribution in [-0.2, 0) is 17.2 Å². The van der Waals surface area contributed by atoms with Crippen molar-refractivity contribution >= 4 is 43.2 Å². The van der Waals surface area contributed by atoms with E-state index in [1.165, 1.54) is 12.1 Å². The van der Waals surface area contributed by atoms with Crippen LogP contribution in [0.5, 0.6) is 0 Å². The first-order chi connectivity index (χ1) is 14.5. The molecular weight excluding hydrogens is 422 g/mol. The molecule has 0 amide bonds. The van der Waals surface area contributed by atoms with Gasteiger partial charge in [-0.05, 0) is 48.9 Å². The van der Waals surface area contributed by atoms with Gasteiger partial charge in [0.15, 0.2) is 0 Å². The molecule has 2 heterocycles. The predicted molar refractivity (Wildman–Crippen MR) is 116 cm³/mol. The van der Waals surface area contributed by atoms with Gasteiger partial charge in [0.05, 0.1) is 37.8 Å². The van der Waals surface area contributed by atoms with E-state index in [-0.39, 0.29) is 11.6 Å². The molecule has 3 aromatic carbocycles. The molecule has 0 bridgehead atoms. The van der Waals surface area contributed by atoms with Gasteiger partial charge >= 0.3 is 0 Å². The summed E-state index contributed by atoms with van der Waals surface area (Å²) in [5.74, 6) is -0.522. The molecule has 0 spiro atoms. The summed E-state index contributed by atoms with van der Waals surface area (Å²) >= 11 is 0. The lowest BCUT2D eigenvalue weighted by atomic mass is 9.91. The van der Waals surface area contributed by atoms with Crippen molar-refractivity contribution in [3.05, 3.63) is 65.7 Å². The highest BCUT2D eigenvalue weighted by Crippen LogP contribution is 2.47. The van der Waals surface area contributed by atoms with Gasteiger partial charge < -0.3 is 9.45 Å². The number of rotatable bonds is 0. The Kier molecular flexibility index (Phi) is 4.94. The number of benzene rings is 3. The zero-order valence-electron chi connectivity index (χ0n) is 17.4. The summed E-state index contributed by atoms with van der Waals surface area (Å²) in [6.07, 6.45) is 0.604. The Labute approximate surface area is 178 Å². The Morgan fingerprint density at radius 1 is 0.935 bits per heavy atom. The molecule has 1 aliphatic heterocycles. The lowest BCUT2D eigenvalue weighted by Crippen LogP contribution is -2.34. The maximum atomic E-state index is 14.1. The monoisotopic (exact) mass is 442 g/mol. The van der Waals surface area contributed by atoms with Gasteiger partial charge in [-0.15, -0.1) is 0 Å². The van der Waals surface area contributed by atoms with Crippen LogP contribution in [0, 0.1) is 18.6 Å². The number of fused-ring (bicyclic) bond motifs is 4. The molecule has 0 fully saturated rings. The van der Waals surface area contributed by atoms with Gasteiger partial charge in [-0.1, -0.05) is 6.07 Å². The molecule has 0 radical (unpaired) electrons. The number of hydrogen-bond acceptors (Lipinski definition) is 4. The fraction of sp³-hybridized carbons (Fsp3) is 0.174. The van der Waals surface area contributed by atoms with E-state index in [0.717, 1.165) is 49.9 Å². The summed E-state index contributed by atoms with van der Waals surface area (Å²) in [6, 6.07) is 13.9. The number of hydrogen-bond donors (Lipinski definition) is 0. The summed E-state index contributed by atoms with van der Waals surface area (Å²) in [5.41, 5.74) is 5.85. The van der Waals surface area contributed by atoms with Crippen LogP contribution in [0.4, 0.5) is 20.2 Å². The highest BCUT2D eigenvalue weighted by molar-refractivity contribution is 7.84. The molecule has 0 N–H and O–H groups in total. The zero-order valence-corrected chi connectivity index (χ0v) is 18.2. The van der Waals surface area contributed by atoms with Crippen molar-refractivity contribution in [3.8, 4) is 11.3 Å². The first-order valence-electron chi connectivity index (χ1n) is 9.46.